The van der Waals surface area contributed by atoms with Crippen molar-refractivity contribution in [3.63, 3.8) is 0 Å². The van der Waals surface area contributed by atoms with E-state index in [-0.39, 0.29) is 5.54 Å². The summed E-state index contributed by atoms with van der Waals surface area (Å²) >= 11 is 6.17. The molecular formula is C16H19ClN2. The lowest BCUT2D eigenvalue weighted by Crippen LogP contribution is -2.35. The fourth-order valence-electron chi connectivity index (χ4n) is 1.85. The Labute approximate surface area is 119 Å². The molecule has 0 bridgehead atoms. The van der Waals surface area contributed by atoms with Gasteiger partial charge in [-0.05, 0) is 39.0 Å². The third kappa shape index (κ3) is 3.79. The highest BCUT2D eigenvalue weighted by Gasteiger charge is 2.06. The molecule has 0 spiro atoms. The maximum atomic E-state index is 6.17. The van der Waals surface area contributed by atoms with Crippen molar-refractivity contribution in [2.75, 3.05) is 6.54 Å². The smallest absolute Gasteiger partial charge is 0.0789 e. The van der Waals surface area contributed by atoms with Crippen LogP contribution >= 0.6 is 11.6 Å². The van der Waals surface area contributed by atoms with Gasteiger partial charge in [0.1, 0.15) is 0 Å². The summed E-state index contributed by atoms with van der Waals surface area (Å²) in [5, 5.41) is 5.16. The second-order valence-corrected chi connectivity index (χ2v) is 5.98. The summed E-state index contributed by atoms with van der Waals surface area (Å²) in [6, 6.07) is 7.83. The number of hydrogen-bond donors (Lipinski definition) is 1. The van der Waals surface area contributed by atoms with Crippen LogP contribution in [0.25, 0.3) is 17.0 Å². The summed E-state index contributed by atoms with van der Waals surface area (Å²) < 4.78 is 0. The average molecular weight is 275 g/mol. The van der Waals surface area contributed by atoms with Crippen LogP contribution in [0, 0.1) is 0 Å². The Balaban J connectivity index is 2.22. The monoisotopic (exact) mass is 274 g/mol. The van der Waals surface area contributed by atoms with E-state index in [2.05, 4.69) is 43.2 Å². The SMILES string of the molecule is CC(C)(C)NC/C=C/c1ccc(Cl)c2cccnc12. The maximum absolute atomic E-state index is 6.17. The van der Waals surface area contributed by atoms with Crippen LogP contribution in [0.15, 0.2) is 36.5 Å². The molecule has 0 fully saturated rings. The Hall–Kier alpha value is -1.38. The molecule has 0 radical (unpaired) electrons. The molecule has 19 heavy (non-hydrogen) atoms. The molecule has 100 valence electrons. The Morgan fingerprint density at radius 3 is 2.79 bits per heavy atom. The highest BCUT2D eigenvalue weighted by atomic mass is 35.5. The van der Waals surface area contributed by atoms with Crippen molar-refractivity contribution in [1.82, 2.24) is 10.3 Å². The molecule has 1 aromatic heterocycles. The standard InChI is InChI=1S/C16H19ClN2/c1-16(2,3)19-11-4-6-12-8-9-14(17)13-7-5-10-18-15(12)13/h4-10,19H,11H2,1-3H3/b6-4+. The van der Waals surface area contributed by atoms with E-state index in [1.54, 1.807) is 6.20 Å². The van der Waals surface area contributed by atoms with Gasteiger partial charge in [0.25, 0.3) is 0 Å². The topological polar surface area (TPSA) is 24.9 Å². The molecule has 0 aliphatic rings. The fraction of sp³-hybridized carbons (Fsp3) is 0.312. The minimum Gasteiger partial charge on any atom is -0.309 e. The number of fused-ring (bicyclic) bond motifs is 1. The van der Waals surface area contributed by atoms with Crippen molar-refractivity contribution >= 4 is 28.6 Å². The molecule has 1 N–H and O–H groups in total. The van der Waals surface area contributed by atoms with Crippen molar-refractivity contribution in [3.05, 3.63) is 47.1 Å². The summed E-state index contributed by atoms with van der Waals surface area (Å²) in [6.07, 6.45) is 6.00. The highest BCUT2D eigenvalue weighted by molar-refractivity contribution is 6.35. The number of nitrogens with one attached hydrogen (secondary N) is 1. The first kappa shape index (κ1) is 14.0. The number of pyridine rings is 1. The first-order valence-electron chi connectivity index (χ1n) is 6.42. The maximum Gasteiger partial charge on any atom is 0.0789 e. The molecule has 1 aromatic carbocycles. The Kier molecular flexibility index (Phi) is 4.23. The van der Waals surface area contributed by atoms with Gasteiger partial charge >= 0.3 is 0 Å². The molecule has 2 aromatic rings. The zero-order chi connectivity index (χ0) is 13.9. The molecular weight excluding hydrogens is 256 g/mol. The van der Waals surface area contributed by atoms with Gasteiger partial charge in [0.2, 0.25) is 0 Å². The lowest BCUT2D eigenvalue weighted by Gasteiger charge is -2.18. The van der Waals surface area contributed by atoms with Gasteiger partial charge < -0.3 is 5.32 Å². The Bertz CT molecular complexity index is 597. The van der Waals surface area contributed by atoms with Crippen LogP contribution < -0.4 is 5.32 Å². The minimum atomic E-state index is 0.130. The van der Waals surface area contributed by atoms with Crippen molar-refractivity contribution in [3.8, 4) is 0 Å². The predicted octanol–water partition coefficient (Wildman–Crippen LogP) is 4.29. The van der Waals surface area contributed by atoms with Crippen LogP contribution in [-0.2, 0) is 0 Å². The number of halogens is 1. The van der Waals surface area contributed by atoms with E-state index in [4.69, 9.17) is 11.6 Å². The molecule has 3 heteroatoms. The van der Waals surface area contributed by atoms with Gasteiger partial charge in [-0.2, -0.15) is 0 Å². The van der Waals surface area contributed by atoms with Gasteiger partial charge in [-0.25, -0.2) is 0 Å². The summed E-state index contributed by atoms with van der Waals surface area (Å²) in [5.74, 6) is 0. The van der Waals surface area contributed by atoms with Crippen molar-refractivity contribution in [2.45, 2.75) is 26.3 Å². The quantitative estimate of drug-likeness (QED) is 0.903. The summed E-state index contributed by atoms with van der Waals surface area (Å²) in [5.41, 5.74) is 2.17. The van der Waals surface area contributed by atoms with E-state index in [9.17, 15) is 0 Å². The molecule has 0 amide bonds. The largest absolute Gasteiger partial charge is 0.309 e. The van der Waals surface area contributed by atoms with E-state index in [0.717, 1.165) is 28.0 Å². The summed E-state index contributed by atoms with van der Waals surface area (Å²) in [7, 11) is 0. The van der Waals surface area contributed by atoms with Gasteiger partial charge in [-0.1, -0.05) is 29.8 Å². The van der Waals surface area contributed by atoms with Gasteiger partial charge in [0.05, 0.1) is 10.5 Å². The van der Waals surface area contributed by atoms with Gasteiger partial charge in [-0.3, -0.25) is 4.98 Å². The zero-order valence-corrected chi connectivity index (χ0v) is 12.3. The first-order chi connectivity index (χ1) is 8.97. The fourth-order valence-corrected chi connectivity index (χ4v) is 2.06. The number of hydrogen-bond acceptors (Lipinski definition) is 2. The number of nitrogens with zero attached hydrogens (tertiary/aromatic N) is 1. The van der Waals surface area contributed by atoms with Crippen LogP contribution in [0.1, 0.15) is 26.3 Å². The molecule has 0 aliphatic heterocycles. The molecule has 0 unspecified atom stereocenters. The first-order valence-corrected chi connectivity index (χ1v) is 6.80. The minimum absolute atomic E-state index is 0.130. The predicted molar refractivity (Wildman–Crippen MR) is 83.5 cm³/mol. The van der Waals surface area contributed by atoms with Crippen molar-refractivity contribution < 1.29 is 0 Å². The number of aromatic nitrogens is 1. The van der Waals surface area contributed by atoms with E-state index >= 15 is 0 Å². The molecule has 2 rings (SSSR count). The molecule has 2 nitrogen and oxygen atoms in total. The van der Waals surface area contributed by atoms with Crippen molar-refractivity contribution in [1.29, 1.82) is 0 Å². The van der Waals surface area contributed by atoms with Gasteiger partial charge in [-0.15, -0.1) is 0 Å². The molecule has 0 saturated carbocycles. The van der Waals surface area contributed by atoms with E-state index in [1.165, 1.54) is 0 Å². The second-order valence-electron chi connectivity index (χ2n) is 5.57. The second kappa shape index (κ2) is 5.72. The third-order valence-electron chi connectivity index (χ3n) is 2.80. The van der Waals surface area contributed by atoms with Crippen LogP contribution in [0.4, 0.5) is 0 Å². The van der Waals surface area contributed by atoms with E-state index in [1.807, 2.05) is 24.3 Å². The highest BCUT2D eigenvalue weighted by Crippen LogP contribution is 2.25. The average Bonchev–Trinajstić information content (AvgIpc) is 2.36. The Morgan fingerprint density at radius 1 is 1.26 bits per heavy atom. The molecule has 0 saturated heterocycles. The molecule has 0 aliphatic carbocycles. The summed E-state index contributed by atoms with van der Waals surface area (Å²) in [4.78, 5) is 4.41. The van der Waals surface area contributed by atoms with Crippen LogP contribution in [0.2, 0.25) is 5.02 Å². The van der Waals surface area contributed by atoms with Crippen LogP contribution in [0.3, 0.4) is 0 Å². The third-order valence-corrected chi connectivity index (χ3v) is 3.12. The van der Waals surface area contributed by atoms with Crippen LogP contribution in [0.5, 0.6) is 0 Å². The molecule has 1 heterocycles. The van der Waals surface area contributed by atoms with Gasteiger partial charge in [0.15, 0.2) is 0 Å². The summed E-state index contributed by atoms with van der Waals surface area (Å²) in [6.45, 7) is 7.29. The molecule has 0 atom stereocenters. The van der Waals surface area contributed by atoms with Gasteiger partial charge in [0, 0.05) is 29.2 Å². The zero-order valence-electron chi connectivity index (χ0n) is 11.6. The normalized spacial score (nSPS) is 12.4. The number of rotatable bonds is 3. The van der Waals surface area contributed by atoms with E-state index < -0.39 is 0 Å². The lowest BCUT2D eigenvalue weighted by atomic mass is 10.1. The lowest BCUT2D eigenvalue weighted by molar-refractivity contribution is 0.450. The van der Waals surface area contributed by atoms with Crippen molar-refractivity contribution in [2.24, 2.45) is 0 Å². The van der Waals surface area contributed by atoms with E-state index in [0.29, 0.717) is 0 Å². The number of benzene rings is 1. The van der Waals surface area contributed by atoms with Crippen LogP contribution in [-0.4, -0.2) is 17.1 Å². The Morgan fingerprint density at radius 2 is 2.05 bits per heavy atom.